The third-order valence-corrected chi connectivity index (χ3v) is 5.36. The second-order valence-corrected chi connectivity index (χ2v) is 9.24. The van der Waals surface area contributed by atoms with E-state index in [1.807, 2.05) is 91.1 Å². The number of ether oxygens (including phenoxy) is 1. The maximum atomic E-state index is 13.6. The molecule has 7 nitrogen and oxygen atoms in total. The quantitative estimate of drug-likeness (QED) is 0.313. The van der Waals surface area contributed by atoms with Gasteiger partial charge in [-0.15, -0.1) is 0 Å². The van der Waals surface area contributed by atoms with E-state index in [1.54, 1.807) is 25.8 Å². The molecule has 7 heteroatoms. The molecule has 180 valence electrons. The average molecular weight is 471 g/mol. The Morgan fingerprint density at radius 1 is 0.886 bits per heavy atom. The molecule has 35 heavy (non-hydrogen) atoms. The normalized spacial score (nSPS) is 12.1. The number of H-pyrrole nitrogens is 1. The van der Waals surface area contributed by atoms with Crippen LogP contribution in [-0.2, 0) is 16.0 Å². The topological polar surface area (TPSA) is 86.5 Å². The lowest BCUT2D eigenvalue weighted by atomic mass is 10.0. The first-order valence-corrected chi connectivity index (χ1v) is 11.6. The van der Waals surface area contributed by atoms with Gasteiger partial charge in [-0.05, 0) is 56.7 Å². The summed E-state index contributed by atoms with van der Waals surface area (Å²) < 4.78 is 5.45. The molecule has 0 bridgehead atoms. The minimum atomic E-state index is -0.876. The number of alkyl carbamates (subject to hydrolysis) is 1. The van der Waals surface area contributed by atoms with Gasteiger partial charge in [0, 0.05) is 23.5 Å². The molecule has 0 aliphatic carbocycles. The van der Waals surface area contributed by atoms with Crippen LogP contribution in [0.25, 0.3) is 10.9 Å². The zero-order chi connectivity index (χ0) is 24.8. The van der Waals surface area contributed by atoms with Gasteiger partial charge in [0.05, 0.1) is 11.4 Å². The third kappa shape index (κ3) is 6.20. The van der Waals surface area contributed by atoms with Crippen molar-refractivity contribution in [2.24, 2.45) is 0 Å². The fraction of sp³-hybridized carbons (Fsp3) is 0.214. The summed E-state index contributed by atoms with van der Waals surface area (Å²) in [6.07, 6.45) is 1.50. The SMILES string of the molecule is CC(C)(C)OC(=O)N[C@@H](Cc1c[nH]c2ccccc12)C(=O)NN(c1ccccc1)c1ccccc1. The molecular formula is C28H30N4O3. The van der Waals surface area contributed by atoms with Crippen LogP contribution in [0, 0.1) is 0 Å². The maximum absolute atomic E-state index is 13.6. The predicted molar refractivity (Wildman–Crippen MR) is 138 cm³/mol. The molecule has 3 aromatic carbocycles. The summed E-state index contributed by atoms with van der Waals surface area (Å²) in [5.41, 5.74) is 5.76. The van der Waals surface area contributed by atoms with E-state index in [9.17, 15) is 9.59 Å². The van der Waals surface area contributed by atoms with E-state index in [2.05, 4.69) is 15.7 Å². The lowest BCUT2D eigenvalue weighted by Crippen LogP contribution is -2.53. The zero-order valence-electron chi connectivity index (χ0n) is 20.1. The number of hydrazine groups is 1. The Bertz CT molecular complexity index is 1240. The van der Waals surface area contributed by atoms with Gasteiger partial charge in [-0.1, -0.05) is 54.6 Å². The molecule has 4 rings (SSSR count). The third-order valence-electron chi connectivity index (χ3n) is 5.36. The molecule has 0 radical (unpaired) electrons. The monoisotopic (exact) mass is 470 g/mol. The minimum Gasteiger partial charge on any atom is -0.444 e. The molecule has 0 saturated heterocycles. The average Bonchev–Trinajstić information content (AvgIpc) is 3.25. The van der Waals surface area contributed by atoms with Gasteiger partial charge in [-0.3, -0.25) is 15.2 Å². The van der Waals surface area contributed by atoms with Crippen LogP contribution in [0.4, 0.5) is 16.2 Å². The van der Waals surface area contributed by atoms with E-state index in [4.69, 9.17) is 4.74 Å². The van der Waals surface area contributed by atoms with Crippen LogP contribution in [0.2, 0.25) is 0 Å². The molecule has 0 aliphatic heterocycles. The Balaban J connectivity index is 1.63. The molecule has 0 spiro atoms. The number of para-hydroxylation sites is 3. The molecule has 3 N–H and O–H groups in total. The first-order valence-electron chi connectivity index (χ1n) is 11.6. The summed E-state index contributed by atoms with van der Waals surface area (Å²) in [6.45, 7) is 5.36. The highest BCUT2D eigenvalue weighted by atomic mass is 16.6. The summed E-state index contributed by atoms with van der Waals surface area (Å²) in [5, 5.41) is 5.48. The van der Waals surface area contributed by atoms with Crippen molar-refractivity contribution in [1.82, 2.24) is 15.7 Å². The van der Waals surface area contributed by atoms with Crippen LogP contribution in [0.3, 0.4) is 0 Å². The van der Waals surface area contributed by atoms with E-state index in [1.165, 1.54) is 0 Å². The van der Waals surface area contributed by atoms with E-state index < -0.39 is 17.7 Å². The van der Waals surface area contributed by atoms with Gasteiger partial charge in [-0.25, -0.2) is 4.79 Å². The van der Waals surface area contributed by atoms with Crippen molar-refractivity contribution >= 4 is 34.3 Å². The number of amides is 2. The number of aromatic nitrogens is 1. The number of aromatic amines is 1. The largest absolute Gasteiger partial charge is 0.444 e. The number of fused-ring (bicyclic) bond motifs is 1. The second kappa shape index (κ2) is 10.3. The molecule has 1 aromatic heterocycles. The van der Waals surface area contributed by atoms with Crippen LogP contribution in [0.1, 0.15) is 26.3 Å². The highest BCUT2D eigenvalue weighted by Crippen LogP contribution is 2.23. The first kappa shape index (κ1) is 23.9. The van der Waals surface area contributed by atoms with Crippen molar-refractivity contribution in [3.63, 3.8) is 0 Å². The summed E-state index contributed by atoms with van der Waals surface area (Å²) in [5.74, 6) is -0.367. The number of carbonyl (C=O) groups is 2. The van der Waals surface area contributed by atoms with Crippen molar-refractivity contribution in [3.05, 3.63) is 96.7 Å². The van der Waals surface area contributed by atoms with Crippen molar-refractivity contribution in [2.75, 3.05) is 5.01 Å². The van der Waals surface area contributed by atoms with Crippen molar-refractivity contribution < 1.29 is 14.3 Å². The van der Waals surface area contributed by atoms with E-state index in [-0.39, 0.29) is 12.3 Å². The van der Waals surface area contributed by atoms with E-state index in [0.717, 1.165) is 27.8 Å². The number of nitrogens with zero attached hydrogens (tertiary/aromatic N) is 1. The van der Waals surface area contributed by atoms with E-state index in [0.29, 0.717) is 0 Å². The number of hydrogen-bond acceptors (Lipinski definition) is 4. The Morgan fingerprint density at radius 3 is 2.06 bits per heavy atom. The molecule has 2 amide bonds. The zero-order valence-corrected chi connectivity index (χ0v) is 20.1. The highest BCUT2D eigenvalue weighted by Gasteiger charge is 2.27. The minimum absolute atomic E-state index is 0.284. The molecule has 1 heterocycles. The lowest BCUT2D eigenvalue weighted by Gasteiger charge is -2.29. The summed E-state index contributed by atoms with van der Waals surface area (Å²) in [4.78, 5) is 29.5. The van der Waals surface area contributed by atoms with Crippen LogP contribution in [0.5, 0.6) is 0 Å². The Labute approximate surface area is 205 Å². The molecule has 0 saturated carbocycles. The van der Waals surface area contributed by atoms with Gasteiger partial charge in [0.15, 0.2) is 0 Å². The summed E-state index contributed by atoms with van der Waals surface area (Å²) in [7, 11) is 0. The number of anilines is 2. The summed E-state index contributed by atoms with van der Waals surface area (Å²) >= 11 is 0. The number of benzene rings is 3. The fourth-order valence-corrected chi connectivity index (χ4v) is 3.80. The van der Waals surface area contributed by atoms with Crippen LogP contribution >= 0.6 is 0 Å². The molecule has 0 unspecified atom stereocenters. The molecule has 4 aromatic rings. The van der Waals surface area contributed by atoms with Gasteiger partial charge in [-0.2, -0.15) is 0 Å². The predicted octanol–water partition coefficient (Wildman–Crippen LogP) is 5.47. The molecule has 0 aliphatic rings. The summed E-state index contributed by atoms with van der Waals surface area (Å²) in [6, 6.07) is 26.0. The Morgan fingerprint density at radius 2 is 1.46 bits per heavy atom. The Hall–Kier alpha value is -4.26. The van der Waals surface area contributed by atoms with Gasteiger partial charge in [0.1, 0.15) is 11.6 Å². The number of carbonyl (C=O) groups excluding carboxylic acids is 2. The second-order valence-electron chi connectivity index (χ2n) is 9.24. The van der Waals surface area contributed by atoms with Crippen LogP contribution in [0.15, 0.2) is 91.1 Å². The number of rotatable bonds is 7. The van der Waals surface area contributed by atoms with Crippen molar-refractivity contribution in [3.8, 4) is 0 Å². The molecule has 0 fully saturated rings. The standard InChI is InChI=1S/C28H30N4O3/c1-28(2,3)35-27(34)30-25(18-20-19-29-24-17-11-10-16-23(20)24)26(33)31-32(21-12-6-4-7-13-21)22-14-8-5-9-15-22/h4-17,19,25,29H,18H2,1-3H3,(H,30,34)(H,31,33)/t25-/m0/s1. The Kier molecular flexibility index (Phi) is 7.06. The van der Waals surface area contributed by atoms with Crippen molar-refractivity contribution in [2.45, 2.75) is 38.8 Å². The highest BCUT2D eigenvalue weighted by molar-refractivity contribution is 5.90. The molecule has 1 atom stereocenters. The van der Waals surface area contributed by atoms with Gasteiger partial charge in [0.2, 0.25) is 0 Å². The van der Waals surface area contributed by atoms with Crippen molar-refractivity contribution in [1.29, 1.82) is 0 Å². The fourth-order valence-electron chi connectivity index (χ4n) is 3.80. The van der Waals surface area contributed by atoms with E-state index >= 15 is 0 Å². The van der Waals surface area contributed by atoms with Gasteiger partial charge in [0.25, 0.3) is 5.91 Å². The number of nitrogens with one attached hydrogen (secondary N) is 3. The van der Waals surface area contributed by atoms with Gasteiger partial charge < -0.3 is 15.0 Å². The lowest BCUT2D eigenvalue weighted by molar-refractivity contribution is -0.123. The van der Waals surface area contributed by atoms with Crippen LogP contribution in [-0.4, -0.2) is 28.6 Å². The van der Waals surface area contributed by atoms with Crippen LogP contribution < -0.4 is 15.8 Å². The maximum Gasteiger partial charge on any atom is 0.408 e. The smallest absolute Gasteiger partial charge is 0.408 e. The number of hydrogen-bond donors (Lipinski definition) is 3. The molecular weight excluding hydrogens is 440 g/mol. The first-order chi connectivity index (χ1) is 16.8. The van der Waals surface area contributed by atoms with Gasteiger partial charge >= 0.3 is 6.09 Å².